The van der Waals surface area contributed by atoms with Crippen LogP contribution in [0, 0.1) is 6.92 Å². The third-order valence-electron chi connectivity index (χ3n) is 4.37. The maximum Gasteiger partial charge on any atom is 0.130 e. The van der Waals surface area contributed by atoms with Gasteiger partial charge in [0, 0.05) is 23.3 Å². The molecule has 3 aromatic rings. The lowest BCUT2D eigenvalue weighted by molar-refractivity contribution is 0.340. The van der Waals surface area contributed by atoms with Crippen LogP contribution in [0.1, 0.15) is 23.7 Å². The molecule has 0 amide bonds. The summed E-state index contributed by atoms with van der Waals surface area (Å²) in [6.07, 6.45) is 0. The molecule has 0 spiro atoms. The van der Waals surface area contributed by atoms with E-state index < -0.39 is 0 Å². The van der Waals surface area contributed by atoms with Crippen molar-refractivity contribution in [3.05, 3.63) is 82.0 Å². The minimum atomic E-state index is 0.671. The zero-order chi connectivity index (χ0) is 19.9. The summed E-state index contributed by atoms with van der Waals surface area (Å²) in [5.74, 6) is 2.69. The Balaban J connectivity index is 1.86. The second-order valence-corrected chi connectivity index (χ2v) is 7.48. The van der Waals surface area contributed by atoms with Gasteiger partial charge in [-0.25, -0.2) is 4.98 Å². The maximum atomic E-state index is 5.56. The molecule has 28 heavy (non-hydrogen) atoms. The van der Waals surface area contributed by atoms with Crippen LogP contribution in [0.25, 0.3) is 0 Å². The summed E-state index contributed by atoms with van der Waals surface area (Å²) in [5.41, 5.74) is 3.39. The third-order valence-corrected chi connectivity index (χ3v) is 4.83. The number of pyridine rings is 1. The smallest absolute Gasteiger partial charge is 0.130 e. The summed E-state index contributed by atoms with van der Waals surface area (Å²) in [4.78, 5) is 7.03. The summed E-state index contributed by atoms with van der Waals surface area (Å²) in [6, 6.07) is 20.5. The fourth-order valence-electron chi connectivity index (χ4n) is 3.02. The molecule has 0 saturated carbocycles. The first-order valence-corrected chi connectivity index (χ1v) is 10.1. The highest BCUT2D eigenvalue weighted by atomic mass is 79.9. The first kappa shape index (κ1) is 20.2. The van der Waals surface area contributed by atoms with E-state index >= 15 is 0 Å². The number of methoxy groups -OCH3 is 1. The van der Waals surface area contributed by atoms with E-state index in [-0.39, 0.29) is 0 Å². The molecule has 0 aliphatic rings. The van der Waals surface area contributed by atoms with Crippen LogP contribution in [0.5, 0.6) is 11.5 Å². The fourth-order valence-corrected chi connectivity index (χ4v) is 3.56. The number of hydrogen-bond acceptors (Lipinski definition) is 4. The van der Waals surface area contributed by atoms with Crippen LogP contribution in [0.3, 0.4) is 0 Å². The SMILES string of the molecule is CCOc1ccc(CN(Cc2ccc(OC)cc2)c2cc(Br)cc(C)n2)cc1. The van der Waals surface area contributed by atoms with Gasteiger partial charge in [-0.2, -0.15) is 0 Å². The number of ether oxygens (including phenoxy) is 2. The summed E-state index contributed by atoms with van der Waals surface area (Å²) >= 11 is 3.60. The summed E-state index contributed by atoms with van der Waals surface area (Å²) in [7, 11) is 1.68. The van der Waals surface area contributed by atoms with Crippen LogP contribution < -0.4 is 14.4 Å². The highest BCUT2D eigenvalue weighted by Gasteiger charge is 2.12. The van der Waals surface area contributed by atoms with E-state index in [4.69, 9.17) is 14.5 Å². The Morgan fingerprint density at radius 2 is 1.46 bits per heavy atom. The van der Waals surface area contributed by atoms with Crippen molar-refractivity contribution in [1.29, 1.82) is 0 Å². The van der Waals surface area contributed by atoms with Gasteiger partial charge in [0.25, 0.3) is 0 Å². The molecule has 0 bridgehead atoms. The van der Waals surface area contributed by atoms with Crippen LogP contribution in [-0.4, -0.2) is 18.7 Å². The molecule has 146 valence electrons. The van der Waals surface area contributed by atoms with Crippen molar-refractivity contribution in [2.24, 2.45) is 0 Å². The molecule has 0 unspecified atom stereocenters. The van der Waals surface area contributed by atoms with Crippen molar-refractivity contribution >= 4 is 21.7 Å². The van der Waals surface area contributed by atoms with Gasteiger partial charge in [-0.15, -0.1) is 0 Å². The van der Waals surface area contributed by atoms with E-state index in [1.54, 1.807) is 7.11 Å². The van der Waals surface area contributed by atoms with Gasteiger partial charge >= 0.3 is 0 Å². The molecule has 0 aliphatic carbocycles. The molecular formula is C23H25BrN2O2. The first-order chi connectivity index (χ1) is 13.6. The number of hydrogen-bond donors (Lipinski definition) is 0. The quantitative estimate of drug-likeness (QED) is 0.445. The standard InChI is InChI=1S/C23H25BrN2O2/c1-4-28-22-11-7-19(8-12-22)16-26(23-14-20(24)13-17(2)25-23)15-18-5-9-21(27-3)10-6-18/h5-14H,4,15-16H2,1-3H3. The minimum Gasteiger partial charge on any atom is -0.497 e. The van der Waals surface area contributed by atoms with Crippen LogP contribution >= 0.6 is 15.9 Å². The number of anilines is 1. The van der Waals surface area contributed by atoms with Crippen molar-refractivity contribution < 1.29 is 9.47 Å². The number of halogens is 1. The molecule has 2 aromatic carbocycles. The van der Waals surface area contributed by atoms with E-state index in [0.29, 0.717) is 6.61 Å². The average Bonchev–Trinajstić information content (AvgIpc) is 2.69. The molecular weight excluding hydrogens is 416 g/mol. The van der Waals surface area contributed by atoms with Gasteiger partial charge in [0.2, 0.25) is 0 Å². The van der Waals surface area contributed by atoms with Gasteiger partial charge < -0.3 is 14.4 Å². The predicted octanol–water partition coefficient (Wildman–Crippen LogP) is 5.77. The zero-order valence-electron chi connectivity index (χ0n) is 16.5. The zero-order valence-corrected chi connectivity index (χ0v) is 18.1. The largest absolute Gasteiger partial charge is 0.497 e. The Morgan fingerprint density at radius 1 is 0.893 bits per heavy atom. The fraction of sp³-hybridized carbons (Fsp3) is 0.261. The molecule has 1 heterocycles. The number of aromatic nitrogens is 1. The van der Waals surface area contributed by atoms with E-state index in [2.05, 4.69) is 51.2 Å². The predicted molar refractivity (Wildman–Crippen MR) is 117 cm³/mol. The van der Waals surface area contributed by atoms with E-state index in [9.17, 15) is 0 Å². The van der Waals surface area contributed by atoms with E-state index in [0.717, 1.165) is 40.6 Å². The van der Waals surface area contributed by atoms with E-state index in [1.807, 2.05) is 44.2 Å². The van der Waals surface area contributed by atoms with Gasteiger partial charge in [0.1, 0.15) is 17.3 Å². The molecule has 3 rings (SSSR count). The molecule has 4 nitrogen and oxygen atoms in total. The van der Waals surface area contributed by atoms with Gasteiger partial charge in [0.15, 0.2) is 0 Å². The number of rotatable bonds is 8. The minimum absolute atomic E-state index is 0.671. The highest BCUT2D eigenvalue weighted by molar-refractivity contribution is 9.10. The Morgan fingerprint density at radius 3 is 1.96 bits per heavy atom. The van der Waals surface area contributed by atoms with Crippen molar-refractivity contribution in [3.63, 3.8) is 0 Å². The van der Waals surface area contributed by atoms with Gasteiger partial charge in [0.05, 0.1) is 13.7 Å². The van der Waals surface area contributed by atoms with Crippen LogP contribution in [0.4, 0.5) is 5.82 Å². The van der Waals surface area contributed by atoms with E-state index in [1.165, 1.54) is 11.1 Å². The molecule has 1 aromatic heterocycles. The van der Waals surface area contributed by atoms with Gasteiger partial charge in [-0.1, -0.05) is 40.2 Å². The number of aryl methyl sites for hydroxylation is 1. The van der Waals surface area contributed by atoms with Crippen molar-refractivity contribution in [2.75, 3.05) is 18.6 Å². The Labute approximate surface area is 175 Å². The summed E-state index contributed by atoms with van der Waals surface area (Å²) in [5, 5.41) is 0. The molecule has 0 saturated heterocycles. The van der Waals surface area contributed by atoms with Crippen LogP contribution in [0.2, 0.25) is 0 Å². The monoisotopic (exact) mass is 440 g/mol. The van der Waals surface area contributed by atoms with Crippen LogP contribution in [0.15, 0.2) is 65.1 Å². The molecule has 0 radical (unpaired) electrons. The summed E-state index contributed by atoms with van der Waals surface area (Å²) in [6.45, 7) is 6.17. The second-order valence-electron chi connectivity index (χ2n) is 6.57. The topological polar surface area (TPSA) is 34.6 Å². The highest BCUT2D eigenvalue weighted by Crippen LogP contribution is 2.24. The van der Waals surface area contributed by atoms with Crippen LogP contribution in [-0.2, 0) is 13.1 Å². The van der Waals surface area contributed by atoms with Gasteiger partial charge in [-0.3, -0.25) is 0 Å². The van der Waals surface area contributed by atoms with Gasteiger partial charge in [-0.05, 0) is 61.4 Å². The second kappa shape index (κ2) is 9.60. The lowest BCUT2D eigenvalue weighted by atomic mass is 10.1. The third kappa shape index (κ3) is 5.49. The number of benzene rings is 2. The lowest BCUT2D eigenvalue weighted by Crippen LogP contribution is -2.23. The van der Waals surface area contributed by atoms with Crippen molar-refractivity contribution in [2.45, 2.75) is 26.9 Å². The Bertz CT molecular complexity index is 875. The number of nitrogens with zero attached hydrogens (tertiary/aromatic N) is 2. The molecule has 0 atom stereocenters. The molecule has 5 heteroatoms. The Hall–Kier alpha value is -2.53. The molecule has 0 fully saturated rings. The van der Waals surface area contributed by atoms with Crippen molar-refractivity contribution in [1.82, 2.24) is 4.98 Å². The first-order valence-electron chi connectivity index (χ1n) is 9.31. The lowest BCUT2D eigenvalue weighted by Gasteiger charge is -2.25. The Kier molecular flexibility index (Phi) is 6.93. The molecule has 0 aliphatic heterocycles. The van der Waals surface area contributed by atoms with Crippen molar-refractivity contribution in [3.8, 4) is 11.5 Å². The normalized spacial score (nSPS) is 10.6. The summed E-state index contributed by atoms with van der Waals surface area (Å²) < 4.78 is 11.9. The molecule has 0 N–H and O–H groups in total. The maximum absolute atomic E-state index is 5.56. The average molecular weight is 441 g/mol.